The number of ketones is 1. The van der Waals surface area contributed by atoms with Crippen LogP contribution in [-0.2, 0) is 11.3 Å². The molecule has 1 N–H and O–H groups in total. The number of hydrogen-bond donors (Lipinski definition) is 1. The van der Waals surface area contributed by atoms with Crippen molar-refractivity contribution in [2.45, 2.75) is 26.4 Å². The molecule has 1 unspecified atom stereocenters. The lowest BCUT2D eigenvalue weighted by Crippen LogP contribution is -2.30. The minimum absolute atomic E-state index is 0.0911. The van der Waals surface area contributed by atoms with E-state index in [0.29, 0.717) is 10.6 Å². The number of aliphatic hydroxyl groups excluding tert-OH is 1. The third-order valence-corrected chi connectivity index (χ3v) is 6.56. The third-order valence-electron chi connectivity index (χ3n) is 5.49. The van der Waals surface area contributed by atoms with Gasteiger partial charge < -0.3 is 14.9 Å². The molecule has 0 bridgehead atoms. The highest BCUT2D eigenvalue weighted by molar-refractivity contribution is 7.14. The summed E-state index contributed by atoms with van der Waals surface area (Å²) in [7, 11) is 3.89. The summed E-state index contributed by atoms with van der Waals surface area (Å²) in [4.78, 5) is 39.0. The van der Waals surface area contributed by atoms with Crippen molar-refractivity contribution in [1.82, 2.24) is 14.9 Å². The monoisotopic (exact) mass is 448 g/mol. The van der Waals surface area contributed by atoms with Crippen molar-refractivity contribution in [3.63, 3.8) is 0 Å². The molecule has 1 atom stereocenters. The number of benzene rings is 1. The molecule has 1 amide bonds. The van der Waals surface area contributed by atoms with Gasteiger partial charge in [0.1, 0.15) is 0 Å². The van der Waals surface area contributed by atoms with Crippen LogP contribution in [0, 0.1) is 13.8 Å². The molecule has 7 nitrogen and oxygen atoms in total. The van der Waals surface area contributed by atoms with Crippen LogP contribution >= 0.6 is 11.3 Å². The Morgan fingerprint density at radius 1 is 1.12 bits per heavy atom. The smallest absolute Gasteiger partial charge is 0.290 e. The molecule has 1 aromatic carbocycles. The fourth-order valence-corrected chi connectivity index (χ4v) is 4.77. The second-order valence-electron chi connectivity index (χ2n) is 7.92. The molecule has 0 saturated heterocycles. The number of carbonyl (C=O) groups excluding carboxylic acids is 2. The van der Waals surface area contributed by atoms with Crippen molar-refractivity contribution in [3.05, 3.63) is 86.8 Å². The maximum absolute atomic E-state index is 13.5. The van der Waals surface area contributed by atoms with Gasteiger partial charge in [-0.1, -0.05) is 12.1 Å². The summed E-state index contributed by atoms with van der Waals surface area (Å²) < 4.78 is 0. The van der Waals surface area contributed by atoms with Gasteiger partial charge in [0.25, 0.3) is 5.91 Å². The highest BCUT2D eigenvalue weighted by Crippen LogP contribution is 2.41. The Bertz CT molecular complexity index is 1200. The molecule has 3 aromatic rings. The SMILES string of the molecule is Cc1nc(C)c(C(=O)C2=C(O)C(=O)N(Cc3ccncc3)C2c2ccc(N(C)C)cc2)s1. The molecule has 0 saturated carbocycles. The summed E-state index contributed by atoms with van der Waals surface area (Å²) in [6.45, 7) is 3.83. The third kappa shape index (κ3) is 3.89. The second kappa shape index (κ2) is 8.55. The predicted octanol–water partition coefficient (Wildman–Crippen LogP) is 4.00. The molecule has 1 aliphatic heterocycles. The van der Waals surface area contributed by atoms with E-state index in [1.165, 1.54) is 16.2 Å². The van der Waals surface area contributed by atoms with Gasteiger partial charge in [-0.2, -0.15) is 0 Å². The van der Waals surface area contributed by atoms with Gasteiger partial charge in [-0.25, -0.2) is 4.98 Å². The number of aryl methyl sites for hydroxylation is 2. The van der Waals surface area contributed by atoms with Crippen molar-refractivity contribution in [2.75, 3.05) is 19.0 Å². The number of anilines is 1. The van der Waals surface area contributed by atoms with E-state index in [1.54, 1.807) is 19.3 Å². The summed E-state index contributed by atoms with van der Waals surface area (Å²) in [5.74, 6) is -1.43. The molecule has 0 aliphatic carbocycles. The van der Waals surface area contributed by atoms with Crippen LogP contribution in [0.3, 0.4) is 0 Å². The molecule has 8 heteroatoms. The maximum Gasteiger partial charge on any atom is 0.290 e. The normalized spacial score (nSPS) is 16.1. The molecule has 4 rings (SSSR count). The summed E-state index contributed by atoms with van der Waals surface area (Å²) in [6.07, 6.45) is 3.30. The van der Waals surface area contributed by atoms with Crippen LogP contribution in [0.4, 0.5) is 5.69 Å². The zero-order valence-electron chi connectivity index (χ0n) is 18.4. The quantitative estimate of drug-likeness (QED) is 0.574. The molecule has 0 radical (unpaired) electrons. The van der Waals surface area contributed by atoms with Gasteiger partial charge in [0, 0.05) is 38.7 Å². The fourth-order valence-electron chi connectivity index (χ4n) is 3.90. The first kappa shape index (κ1) is 21.7. The van der Waals surface area contributed by atoms with Crippen molar-refractivity contribution in [2.24, 2.45) is 0 Å². The van der Waals surface area contributed by atoms with Crippen molar-refractivity contribution in [1.29, 1.82) is 0 Å². The van der Waals surface area contributed by atoms with Gasteiger partial charge >= 0.3 is 0 Å². The van der Waals surface area contributed by atoms with Gasteiger partial charge in [0.2, 0.25) is 5.78 Å². The lowest BCUT2D eigenvalue weighted by Gasteiger charge is -2.27. The molecule has 32 heavy (non-hydrogen) atoms. The number of aromatic nitrogens is 2. The largest absolute Gasteiger partial charge is 0.503 e. The summed E-state index contributed by atoms with van der Waals surface area (Å²) in [5, 5.41) is 11.6. The van der Waals surface area contributed by atoms with E-state index < -0.39 is 17.7 Å². The van der Waals surface area contributed by atoms with Crippen molar-refractivity contribution < 1.29 is 14.7 Å². The molecular weight excluding hydrogens is 424 g/mol. The van der Waals surface area contributed by atoms with Crippen LogP contribution in [0.5, 0.6) is 0 Å². The zero-order chi connectivity index (χ0) is 23.0. The van der Waals surface area contributed by atoms with E-state index in [-0.39, 0.29) is 17.9 Å². The topological polar surface area (TPSA) is 86.6 Å². The number of carbonyl (C=O) groups is 2. The Balaban J connectivity index is 1.81. The van der Waals surface area contributed by atoms with Gasteiger partial charge in [-0.05, 0) is 49.2 Å². The van der Waals surface area contributed by atoms with Crippen LogP contribution in [0.1, 0.15) is 37.5 Å². The standard InChI is InChI=1S/C24H24N4O3S/c1-14-23(32-15(2)26-14)21(29)19-20(17-5-7-18(8-6-17)27(3)4)28(24(31)22(19)30)13-16-9-11-25-12-10-16/h5-12,20,30H,13H2,1-4H3. The second-order valence-corrected chi connectivity index (χ2v) is 9.12. The van der Waals surface area contributed by atoms with Crippen molar-refractivity contribution >= 4 is 28.7 Å². The molecule has 0 fully saturated rings. The maximum atomic E-state index is 13.5. The minimum Gasteiger partial charge on any atom is -0.503 e. The first-order valence-corrected chi connectivity index (χ1v) is 11.0. The Kier molecular flexibility index (Phi) is 5.80. The highest BCUT2D eigenvalue weighted by Gasteiger charge is 2.44. The number of nitrogens with zero attached hydrogens (tertiary/aromatic N) is 4. The lowest BCUT2D eigenvalue weighted by molar-refractivity contribution is -0.130. The number of hydrogen-bond acceptors (Lipinski definition) is 7. The molecule has 2 aromatic heterocycles. The van der Waals surface area contributed by atoms with Crippen molar-refractivity contribution in [3.8, 4) is 0 Å². The first-order chi connectivity index (χ1) is 15.3. The number of Topliss-reactive ketones (excluding diaryl/α,β-unsaturated/α-hetero) is 1. The summed E-state index contributed by atoms with van der Waals surface area (Å²) in [5.41, 5.74) is 3.29. The number of aliphatic hydroxyl groups is 1. The zero-order valence-corrected chi connectivity index (χ0v) is 19.2. The van der Waals surface area contributed by atoms with Gasteiger partial charge in [0.05, 0.1) is 27.2 Å². The first-order valence-electron chi connectivity index (χ1n) is 10.2. The van der Waals surface area contributed by atoms with E-state index >= 15 is 0 Å². The highest BCUT2D eigenvalue weighted by atomic mass is 32.1. The molecular formula is C24H24N4O3S. The Hall–Kier alpha value is -3.52. The average molecular weight is 449 g/mol. The summed E-state index contributed by atoms with van der Waals surface area (Å²) >= 11 is 1.27. The van der Waals surface area contributed by atoms with Gasteiger partial charge in [-0.3, -0.25) is 14.6 Å². The molecule has 3 heterocycles. The number of amides is 1. The van der Waals surface area contributed by atoms with Crippen LogP contribution in [-0.4, -0.2) is 45.8 Å². The number of pyridine rings is 1. The molecule has 164 valence electrons. The van der Waals surface area contributed by atoms with E-state index in [4.69, 9.17) is 0 Å². The Morgan fingerprint density at radius 2 is 1.78 bits per heavy atom. The fraction of sp³-hybridized carbons (Fsp3) is 0.250. The van der Waals surface area contributed by atoms with Gasteiger partial charge in [0.15, 0.2) is 5.76 Å². The van der Waals surface area contributed by atoms with Crippen LogP contribution < -0.4 is 4.90 Å². The molecule has 0 spiro atoms. The van der Waals surface area contributed by atoms with E-state index in [9.17, 15) is 14.7 Å². The Labute approximate surface area is 190 Å². The van der Waals surface area contributed by atoms with Crippen LogP contribution in [0.15, 0.2) is 60.1 Å². The summed E-state index contributed by atoms with van der Waals surface area (Å²) in [6, 6.07) is 10.6. The van der Waals surface area contributed by atoms with E-state index in [1.807, 2.05) is 62.3 Å². The number of rotatable bonds is 6. The average Bonchev–Trinajstić information content (AvgIpc) is 3.24. The minimum atomic E-state index is -0.707. The number of thiazole rings is 1. The predicted molar refractivity (Wildman–Crippen MR) is 124 cm³/mol. The van der Waals surface area contributed by atoms with E-state index in [0.717, 1.165) is 21.8 Å². The molecule has 1 aliphatic rings. The lowest BCUT2D eigenvalue weighted by atomic mass is 9.94. The Morgan fingerprint density at radius 3 is 2.34 bits per heavy atom. The van der Waals surface area contributed by atoms with Crippen LogP contribution in [0.2, 0.25) is 0 Å². The van der Waals surface area contributed by atoms with Gasteiger partial charge in [-0.15, -0.1) is 11.3 Å². The van der Waals surface area contributed by atoms with E-state index in [2.05, 4.69) is 9.97 Å². The van der Waals surface area contributed by atoms with Crippen LogP contribution in [0.25, 0.3) is 0 Å².